The molecule has 1 heterocycles. The Bertz CT molecular complexity index is 2680. The van der Waals surface area contributed by atoms with E-state index in [2.05, 4.69) is 181 Å². The number of oxazole rings is 1. The molecule has 0 unspecified atom stereocenters. The molecule has 0 saturated heterocycles. The van der Waals surface area contributed by atoms with Crippen molar-refractivity contribution in [2.45, 2.75) is 5.41 Å². The van der Waals surface area contributed by atoms with Gasteiger partial charge in [0.2, 0.25) is 5.89 Å². The first-order valence-electron chi connectivity index (χ1n) is 18.0. The lowest BCUT2D eigenvalue weighted by molar-refractivity contribution is 0.620. The fourth-order valence-electron chi connectivity index (χ4n) is 8.29. The fraction of sp³-hybridized carbons (Fsp3) is 0.0200. The van der Waals surface area contributed by atoms with E-state index in [4.69, 9.17) is 9.40 Å². The van der Waals surface area contributed by atoms with Crippen LogP contribution in [0, 0.1) is 0 Å². The second-order valence-corrected chi connectivity index (χ2v) is 13.5. The summed E-state index contributed by atoms with van der Waals surface area (Å²) >= 11 is 0. The maximum Gasteiger partial charge on any atom is 0.227 e. The van der Waals surface area contributed by atoms with E-state index in [1.807, 2.05) is 30.3 Å². The van der Waals surface area contributed by atoms with Gasteiger partial charge in [-0.05, 0) is 81.4 Å². The molecule has 8 aromatic carbocycles. The van der Waals surface area contributed by atoms with Crippen LogP contribution in [0.3, 0.4) is 0 Å². The molecular formula is C50H34N2O. The lowest BCUT2D eigenvalue weighted by Gasteiger charge is -2.35. The van der Waals surface area contributed by atoms with E-state index < -0.39 is 5.41 Å². The highest BCUT2D eigenvalue weighted by Gasteiger charge is 2.46. The van der Waals surface area contributed by atoms with Gasteiger partial charge in [-0.25, -0.2) is 4.98 Å². The number of aromatic nitrogens is 1. The topological polar surface area (TPSA) is 29.3 Å². The van der Waals surface area contributed by atoms with Crippen LogP contribution in [0.1, 0.15) is 22.3 Å². The standard InChI is InChI=1S/C50H34N2O/c1-5-17-35(18-6-1)41-25-14-16-28-47(41)52(40-30-32-46-48(34-40)53-49(51-46)36-19-7-2-8-20-36)39-29-31-43-42-26-13-15-27-44(42)50(45(43)33-39,37-21-9-3-10-22-37)38-23-11-4-12-24-38/h1-34H. The number of anilines is 3. The summed E-state index contributed by atoms with van der Waals surface area (Å²) in [5, 5.41) is 0. The third kappa shape index (κ3) is 5.01. The van der Waals surface area contributed by atoms with Crippen molar-refractivity contribution in [3.63, 3.8) is 0 Å². The van der Waals surface area contributed by atoms with E-state index in [-0.39, 0.29) is 0 Å². The predicted octanol–water partition coefficient (Wildman–Crippen LogP) is 13.0. The van der Waals surface area contributed by atoms with Crippen molar-refractivity contribution in [3.05, 3.63) is 229 Å². The molecular weight excluding hydrogens is 645 g/mol. The van der Waals surface area contributed by atoms with E-state index in [9.17, 15) is 0 Å². The molecule has 0 saturated carbocycles. The smallest absolute Gasteiger partial charge is 0.227 e. The van der Waals surface area contributed by atoms with Crippen molar-refractivity contribution >= 4 is 28.2 Å². The van der Waals surface area contributed by atoms with Crippen LogP contribution in [0.2, 0.25) is 0 Å². The highest BCUT2D eigenvalue weighted by atomic mass is 16.3. The van der Waals surface area contributed by atoms with Crippen molar-refractivity contribution in [2.75, 3.05) is 4.90 Å². The van der Waals surface area contributed by atoms with Gasteiger partial charge in [-0.15, -0.1) is 0 Å². The minimum atomic E-state index is -0.519. The van der Waals surface area contributed by atoms with Crippen molar-refractivity contribution in [1.82, 2.24) is 4.98 Å². The number of hydrogen-bond donors (Lipinski definition) is 0. The van der Waals surface area contributed by atoms with Crippen LogP contribution in [0.25, 0.3) is 44.8 Å². The van der Waals surface area contributed by atoms with E-state index in [0.29, 0.717) is 5.89 Å². The van der Waals surface area contributed by atoms with E-state index in [1.165, 1.54) is 33.4 Å². The molecule has 1 aliphatic rings. The zero-order chi connectivity index (χ0) is 35.2. The predicted molar refractivity (Wildman–Crippen MR) is 217 cm³/mol. The Hall–Kier alpha value is -6.97. The number of hydrogen-bond acceptors (Lipinski definition) is 3. The van der Waals surface area contributed by atoms with Gasteiger partial charge >= 0.3 is 0 Å². The quantitative estimate of drug-likeness (QED) is 0.168. The van der Waals surface area contributed by atoms with Crippen molar-refractivity contribution in [1.29, 1.82) is 0 Å². The Morgan fingerprint density at radius 1 is 0.415 bits per heavy atom. The Morgan fingerprint density at radius 2 is 0.943 bits per heavy atom. The number of para-hydroxylation sites is 1. The monoisotopic (exact) mass is 678 g/mol. The van der Waals surface area contributed by atoms with Crippen molar-refractivity contribution in [3.8, 4) is 33.7 Å². The summed E-state index contributed by atoms with van der Waals surface area (Å²) < 4.78 is 6.46. The summed E-state index contributed by atoms with van der Waals surface area (Å²) in [5.41, 5.74) is 14.9. The average Bonchev–Trinajstić information content (AvgIpc) is 3.80. The molecule has 0 spiro atoms. The van der Waals surface area contributed by atoms with Crippen LogP contribution in [-0.2, 0) is 5.41 Å². The summed E-state index contributed by atoms with van der Waals surface area (Å²) in [4.78, 5) is 7.24. The third-order valence-corrected chi connectivity index (χ3v) is 10.6. The molecule has 10 rings (SSSR count). The molecule has 3 nitrogen and oxygen atoms in total. The van der Waals surface area contributed by atoms with Gasteiger partial charge in [0.15, 0.2) is 5.58 Å². The summed E-state index contributed by atoms with van der Waals surface area (Å²) in [6, 6.07) is 73.5. The van der Waals surface area contributed by atoms with Crippen LogP contribution in [-0.4, -0.2) is 4.98 Å². The Labute approximate surface area is 309 Å². The van der Waals surface area contributed by atoms with Crippen molar-refractivity contribution in [2.24, 2.45) is 0 Å². The Kier molecular flexibility index (Phi) is 7.36. The first-order chi connectivity index (χ1) is 26.3. The second kappa shape index (κ2) is 12.7. The second-order valence-electron chi connectivity index (χ2n) is 13.5. The number of fused-ring (bicyclic) bond motifs is 4. The van der Waals surface area contributed by atoms with Gasteiger partial charge in [0.1, 0.15) is 5.52 Å². The van der Waals surface area contributed by atoms with E-state index in [1.54, 1.807) is 0 Å². The fourth-order valence-corrected chi connectivity index (χ4v) is 8.29. The lowest BCUT2D eigenvalue weighted by atomic mass is 9.67. The van der Waals surface area contributed by atoms with E-state index >= 15 is 0 Å². The molecule has 0 N–H and O–H groups in total. The molecule has 0 amide bonds. The van der Waals surface area contributed by atoms with E-state index in [0.717, 1.165) is 44.9 Å². The van der Waals surface area contributed by atoms with Gasteiger partial charge in [0.25, 0.3) is 0 Å². The molecule has 0 fully saturated rings. The number of benzene rings is 8. The van der Waals surface area contributed by atoms with Crippen molar-refractivity contribution < 1.29 is 4.42 Å². The SMILES string of the molecule is c1ccc(-c2nc3ccc(N(c4ccc5c(c4)C(c4ccccc4)(c4ccccc4)c4ccccc4-5)c4ccccc4-c4ccccc4)cc3o2)cc1. The molecule has 9 aromatic rings. The van der Waals surface area contributed by atoms with Crippen LogP contribution >= 0.6 is 0 Å². The summed E-state index contributed by atoms with van der Waals surface area (Å²) in [7, 11) is 0. The minimum absolute atomic E-state index is 0.519. The Morgan fingerprint density at radius 3 is 1.64 bits per heavy atom. The molecule has 3 heteroatoms. The van der Waals surface area contributed by atoms with Crippen LogP contribution in [0.5, 0.6) is 0 Å². The average molecular weight is 679 g/mol. The molecule has 0 atom stereocenters. The van der Waals surface area contributed by atoms with Gasteiger partial charge in [0.05, 0.1) is 16.8 Å². The number of nitrogens with zero attached hydrogens (tertiary/aromatic N) is 2. The minimum Gasteiger partial charge on any atom is -0.436 e. The van der Waals surface area contributed by atoms with Gasteiger partial charge in [-0.1, -0.05) is 158 Å². The highest BCUT2D eigenvalue weighted by molar-refractivity contribution is 5.94. The van der Waals surface area contributed by atoms with Crippen LogP contribution in [0.15, 0.2) is 211 Å². The first kappa shape index (κ1) is 30.8. The molecule has 1 aliphatic carbocycles. The maximum absolute atomic E-state index is 6.46. The molecule has 250 valence electrons. The van der Waals surface area contributed by atoms with Crippen LogP contribution in [0.4, 0.5) is 17.1 Å². The summed E-state index contributed by atoms with van der Waals surface area (Å²) in [5.74, 6) is 0.611. The molecule has 53 heavy (non-hydrogen) atoms. The Balaban J connectivity index is 1.24. The summed E-state index contributed by atoms with van der Waals surface area (Å²) in [6.07, 6.45) is 0. The van der Waals surface area contributed by atoms with Gasteiger partial charge in [-0.3, -0.25) is 0 Å². The van der Waals surface area contributed by atoms with Gasteiger partial charge in [0, 0.05) is 22.9 Å². The molecule has 0 aliphatic heterocycles. The molecule has 0 radical (unpaired) electrons. The van der Waals surface area contributed by atoms with Gasteiger partial charge in [-0.2, -0.15) is 0 Å². The first-order valence-corrected chi connectivity index (χ1v) is 18.0. The largest absolute Gasteiger partial charge is 0.436 e. The zero-order valence-electron chi connectivity index (χ0n) is 28.9. The zero-order valence-corrected chi connectivity index (χ0v) is 28.9. The summed E-state index contributed by atoms with van der Waals surface area (Å²) in [6.45, 7) is 0. The molecule has 1 aromatic heterocycles. The highest BCUT2D eigenvalue weighted by Crippen LogP contribution is 2.57. The van der Waals surface area contributed by atoms with Gasteiger partial charge < -0.3 is 9.32 Å². The lowest BCUT2D eigenvalue weighted by Crippen LogP contribution is -2.28. The third-order valence-electron chi connectivity index (χ3n) is 10.6. The number of rotatable bonds is 7. The van der Waals surface area contributed by atoms with Crippen LogP contribution < -0.4 is 4.90 Å². The normalized spacial score (nSPS) is 12.7. The maximum atomic E-state index is 6.46. The molecule has 0 bridgehead atoms.